The quantitative estimate of drug-likeness (QED) is 0.109. The smallest absolute Gasteiger partial charge is 0.324 e. The predicted octanol–water partition coefficient (Wildman–Crippen LogP) is 6.94. The molecule has 7 aliphatic rings. The number of carbonyl (C=O) groups is 3. The highest BCUT2D eigenvalue weighted by molar-refractivity contribution is 7.10. The molecule has 19 heteroatoms. The Labute approximate surface area is 467 Å². The van der Waals surface area contributed by atoms with Gasteiger partial charge in [-0.05, 0) is 93.7 Å². The molecule has 6 fully saturated rings. The fourth-order valence-corrected chi connectivity index (χ4v) is 14.0. The van der Waals surface area contributed by atoms with Gasteiger partial charge in [0.1, 0.15) is 17.1 Å². The summed E-state index contributed by atoms with van der Waals surface area (Å²) in [7, 11) is 3.44. The number of aromatic nitrogens is 4. The molecule has 2 N–H and O–H groups in total. The number of benzene rings is 1. The van der Waals surface area contributed by atoms with Crippen molar-refractivity contribution in [2.24, 2.45) is 17.3 Å². The minimum absolute atomic E-state index is 0.0326. The van der Waals surface area contributed by atoms with E-state index in [1.54, 1.807) is 20.4 Å². The highest BCUT2D eigenvalue weighted by atomic mass is 32.1. The third-order valence-corrected chi connectivity index (χ3v) is 18.8. The van der Waals surface area contributed by atoms with Gasteiger partial charge in [-0.1, -0.05) is 32.9 Å². The van der Waals surface area contributed by atoms with Crippen LogP contribution in [0.2, 0.25) is 0 Å². The molecule has 1 aromatic carbocycles. The van der Waals surface area contributed by atoms with Crippen molar-refractivity contribution in [2.75, 3.05) is 91.4 Å². The van der Waals surface area contributed by atoms with Gasteiger partial charge in [0.05, 0.1) is 66.5 Å². The summed E-state index contributed by atoms with van der Waals surface area (Å²) in [6.45, 7) is 16.4. The number of pyridine rings is 2. The average molecular weight is 1100 g/mol. The fourth-order valence-electron chi connectivity index (χ4n) is 13.0. The minimum Gasteiger partial charge on any atom is -0.464 e. The molecule has 0 spiro atoms. The van der Waals surface area contributed by atoms with E-state index >= 15 is 4.79 Å². The standard InChI is InChI=1S/C60H78N10O8S/c1-36-50(46-10-7-8-18-61-46)51(36)56(71)64-53-55(68-32-42(33-68)75-6)57-63-48(34-79-57)38-12-15-49-43(28-38)45(30-60(3,4)35-78-59(73)47-11-9-19-70(65-47)58(53)72)54(69(49)24-27-77-41-16-25-76-26-17-41)44-29-40(31-62-52(44)37(2)74-5)67-22-20-66(21-23-67)39-13-14-39/h7-8,10,12,15,18,28-29,31,34,36-37,39,41-42,47,50-51,53,55,65H,9,11,13-14,16-17,19-27,30,32-33,35H2,1-6H3,(H,64,71)/t36-,37-,47-,50-,51+,53-,55-/m0/s1. The second-order valence-electron chi connectivity index (χ2n) is 23.9. The molecular formula is C60H78N10O8S. The van der Waals surface area contributed by atoms with Crippen LogP contribution in [0.1, 0.15) is 106 Å². The molecule has 4 aromatic heterocycles. The van der Waals surface area contributed by atoms with E-state index in [4.69, 9.17) is 33.7 Å². The minimum atomic E-state index is -1.05. The third kappa shape index (κ3) is 11.2. The van der Waals surface area contributed by atoms with Gasteiger partial charge in [0.15, 0.2) is 0 Å². The van der Waals surface area contributed by atoms with Crippen molar-refractivity contribution in [1.82, 2.24) is 45.1 Å². The monoisotopic (exact) mass is 1100 g/mol. The Morgan fingerprint density at radius 2 is 1.77 bits per heavy atom. The third-order valence-electron chi connectivity index (χ3n) is 17.9. The van der Waals surface area contributed by atoms with Crippen LogP contribution in [0.4, 0.5) is 5.69 Å². The van der Waals surface area contributed by atoms with E-state index in [1.807, 2.05) is 24.4 Å². The van der Waals surface area contributed by atoms with Crippen LogP contribution in [0.5, 0.6) is 0 Å². The molecule has 18 nitrogen and oxygen atoms in total. The summed E-state index contributed by atoms with van der Waals surface area (Å²) in [5.74, 6) is -1.37. The maximum atomic E-state index is 15.4. The molecule has 9 heterocycles. The number of amides is 2. The number of rotatable bonds is 14. The first-order chi connectivity index (χ1) is 38.4. The molecule has 0 unspecified atom stereocenters. The molecule has 2 aliphatic carbocycles. The van der Waals surface area contributed by atoms with Gasteiger partial charge in [-0.3, -0.25) is 39.2 Å². The molecule has 12 rings (SSSR count). The molecular weight excluding hydrogens is 1020 g/mol. The lowest BCUT2D eigenvalue weighted by Crippen LogP contribution is -2.65. The van der Waals surface area contributed by atoms with Crippen LogP contribution in [0.3, 0.4) is 0 Å². The topological polar surface area (TPSA) is 178 Å². The number of nitrogens with one attached hydrogen (secondary N) is 2. The van der Waals surface area contributed by atoms with E-state index in [2.05, 4.69) is 92.3 Å². The lowest BCUT2D eigenvalue weighted by molar-refractivity contribution is -0.156. The SMILES string of the molecule is COC1CN([C@@H]2c3nc(cs3)-c3ccc4c(c3)c(c(-c3cc(N5CCN(C6CC6)CC5)cnc3[C@H](C)OC)n4CCOC3CCOCC3)CC(C)(C)COC(=O)[C@@H]3CCCN(N3)C(=O)[C@H]2NC(=O)[C@@H]2[C@@H](C)[C@H]2c2ccccn2)C1. The van der Waals surface area contributed by atoms with Crippen LogP contribution >= 0.6 is 11.3 Å². The van der Waals surface area contributed by atoms with Gasteiger partial charge in [0.25, 0.3) is 5.91 Å². The Hall–Kier alpha value is -5.38. The van der Waals surface area contributed by atoms with Gasteiger partial charge in [0.2, 0.25) is 5.91 Å². The van der Waals surface area contributed by atoms with Crippen molar-refractivity contribution >= 4 is 45.7 Å². The Bertz CT molecular complexity index is 3000. The molecule has 7 atom stereocenters. The summed E-state index contributed by atoms with van der Waals surface area (Å²) in [5, 5.41) is 8.67. The largest absolute Gasteiger partial charge is 0.464 e. The first-order valence-corrected chi connectivity index (χ1v) is 29.8. The lowest BCUT2D eigenvalue weighted by atomic mass is 9.84. The van der Waals surface area contributed by atoms with Crippen molar-refractivity contribution in [3.05, 3.63) is 82.2 Å². The number of hydrazine groups is 1. The number of hydrogen-bond acceptors (Lipinski definition) is 16. The van der Waals surface area contributed by atoms with E-state index in [0.717, 1.165) is 101 Å². The van der Waals surface area contributed by atoms with Gasteiger partial charge in [0, 0.05) is 142 Å². The lowest BCUT2D eigenvalue weighted by Gasteiger charge is -2.46. The van der Waals surface area contributed by atoms with Crippen molar-refractivity contribution in [3.8, 4) is 22.5 Å². The average Bonchev–Trinajstić information content (AvgIpc) is 4.28. The van der Waals surface area contributed by atoms with Crippen LogP contribution in [0.15, 0.2) is 60.2 Å². The summed E-state index contributed by atoms with van der Waals surface area (Å²) in [6.07, 6.45) is 9.45. The number of piperazine rings is 1. The van der Waals surface area contributed by atoms with Gasteiger partial charge < -0.3 is 38.5 Å². The van der Waals surface area contributed by atoms with E-state index in [1.165, 1.54) is 29.2 Å². The number of nitrogens with zero attached hydrogens (tertiary/aromatic N) is 8. The first kappa shape index (κ1) is 54.2. The summed E-state index contributed by atoms with van der Waals surface area (Å²) in [6, 6.07) is 13.0. The molecule has 2 amide bonds. The second-order valence-corrected chi connectivity index (χ2v) is 24.8. The van der Waals surface area contributed by atoms with Crippen LogP contribution in [0, 0.1) is 17.3 Å². The van der Waals surface area contributed by atoms with E-state index in [0.29, 0.717) is 70.3 Å². The van der Waals surface area contributed by atoms with Crippen molar-refractivity contribution in [3.63, 3.8) is 0 Å². The molecule has 6 bridgehead atoms. The summed E-state index contributed by atoms with van der Waals surface area (Å²) in [4.78, 5) is 67.1. The summed E-state index contributed by atoms with van der Waals surface area (Å²) >= 11 is 1.49. The zero-order valence-corrected chi connectivity index (χ0v) is 47.6. The number of cyclic esters (lactones) is 1. The maximum Gasteiger partial charge on any atom is 0.324 e. The van der Waals surface area contributed by atoms with Crippen LogP contribution in [-0.2, 0) is 51.0 Å². The van der Waals surface area contributed by atoms with E-state index in [9.17, 15) is 9.59 Å². The number of carbonyl (C=O) groups excluding carboxylic acids is 3. The molecule has 5 aromatic rings. The first-order valence-electron chi connectivity index (χ1n) is 28.9. The van der Waals surface area contributed by atoms with Crippen LogP contribution < -0.4 is 15.6 Å². The van der Waals surface area contributed by atoms with Gasteiger partial charge in [-0.2, -0.15) is 0 Å². The fraction of sp³-hybridized carbons (Fsp3) is 0.600. The molecule has 0 radical (unpaired) electrons. The summed E-state index contributed by atoms with van der Waals surface area (Å²) in [5.41, 5.74) is 11.4. The zero-order chi connectivity index (χ0) is 54.5. The van der Waals surface area contributed by atoms with E-state index < -0.39 is 29.5 Å². The molecule has 5 aliphatic heterocycles. The van der Waals surface area contributed by atoms with Gasteiger partial charge in [-0.15, -0.1) is 11.3 Å². The number of hydrogen-bond donors (Lipinski definition) is 2. The number of methoxy groups -OCH3 is 2. The molecule has 2 saturated carbocycles. The molecule has 79 heavy (non-hydrogen) atoms. The maximum absolute atomic E-state index is 15.4. The second kappa shape index (κ2) is 22.9. The van der Waals surface area contributed by atoms with E-state index in [-0.39, 0.29) is 54.5 Å². The van der Waals surface area contributed by atoms with Gasteiger partial charge in [-0.25, -0.2) is 10.4 Å². The Kier molecular flexibility index (Phi) is 15.7. The number of anilines is 1. The number of thiazole rings is 1. The normalized spacial score (nSPS) is 26.9. The van der Waals surface area contributed by atoms with Gasteiger partial charge >= 0.3 is 5.97 Å². The number of esters is 1. The van der Waals surface area contributed by atoms with Crippen molar-refractivity contribution in [2.45, 2.75) is 128 Å². The predicted molar refractivity (Wildman–Crippen MR) is 301 cm³/mol. The number of likely N-dealkylation sites (tertiary alicyclic amines) is 1. The number of fused-ring (bicyclic) bond motifs is 6. The highest BCUT2D eigenvalue weighted by Gasteiger charge is 2.55. The highest BCUT2D eigenvalue weighted by Crippen LogP contribution is 2.53. The van der Waals surface area contributed by atoms with Crippen LogP contribution in [-0.4, -0.2) is 169 Å². The Morgan fingerprint density at radius 1 is 0.962 bits per heavy atom. The molecule has 4 saturated heterocycles. The van der Waals surface area contributed by atoms with Crippen molar-refractivity contribution in [1.29, 1.82) is 0 Å². The summed E-state index contributed by atoms with van der Waals surface area (Å²) < 4.78 is 33.1. The Morgan fingerprint density at radius 3 is 2.52 bits per heavy atom. The number of ether oxygens (including phenoxy) is 5. The van der Waals surface area contributed by atoms with Crippen molar-refractivity contribution < 1.29 is 38.1 Å². The zero-order valence-electron chi connectivity index (χ0n) is 46.7. The van der Waals surface area contributed by atoms with Crippen LogP contribution in [0.25, 0.3) is 33.4 Å². The molecule has 422 valence electrons. The Balaban J connectivity index is 0.988.